The maximum atomic E-state index is 13.8. The van der Waals surface area contributed by atoms with Crippen molar-refractivity contribution >= 4 is 21.6 Å². The first-order valence-electron chi connectivity index (χ1n) is 17.0. The highest BCUT2D eigenvalue weighted by molar-refractivity contribution is 7.89. The van der Waals surface area contributed by atoms with Crippen LogP contribution in [0, 0.1) is 12.8 Å². The average Bonchev–Trinajstić information content (AvgIpc) is 3.53. The number of β-amino-alcohol motifs (C(OH)–C–C–N with tert-alkyl or cyclic N) is 1. The van der Waals surface area contributed by atoms with E-state index >= 15 is 0 Å². The largest absolute Gasteiger partial charge is 0.392 e. The number of benzene rings is 4. The molecule has 4 N–H and O–H groups in total. The van der Waals surface area contributed by atoms with Gasteiger partial charge in [0.1, 0.15) is 6.04 Å². The van der Waals surface area contributed by atoms with Crippen molar-refractivity contribution in [2.24, 2.45) is 5.92 Å². The zero-order chi connectivity index (χ0) is 35.3. The molecule has 2 aliphatic heterocycles. The van der Waals surface area contributed by atoms with Gasteiger partial charge in [0.15, 0.2) is 6.29 Å². The Morgan fingerprint density at radius 2 is 1.66 bits per heavy atom. The quantitative estimate of drug-likeness (QED) is 0.164. The third-order valence-corrected chi connectivity index (χ3v) is 11.0. The van der Waals surface area contributed by atoms with Gasteiger partial charge in [0, 0.05) is 36.8 Å². The van der Waals surface area contributed by atoms with E-state index in [1.165, 1.54) is 12.1 Å². The Balaban J connectivity index is 1.23. The maximum absolute atomic E-state index is 13.8. The lowest BCUT2D eigenvalue weighted by Gasteiger charge is -2.42. The Labute approximate surface area is 294 Å². The number of sulfonamides is 1. The Morgan fingerprint density at radius 1 is 0.920 bits per heavy atom. The van der Waals surface area contributed by atoms with Gasteiger partial charge >= 0.3 is 0 Å². The maximum Gasteiger partial charge on any atom is 0.242 e. The van der Waals surface area contributed by atoms with Gasteiger partial charge in [0.2, 0.25) is 15.9 Å². The lowest BCUT2D eigenvalue weighted by Crippen LogP contribution is -2.45. The second kappa shape index (κ2) is 15.9. The van der Waals surface area contributed by atoms with Crippen LogP contribution in [-0.2, 0) is 37.3 Å². The smallest absolute Gasteiger partial charge is 0.242 e. The summed E-state index contributed by atoms with van der Waals surface area (Å²) in [4.78, 5) is 16.1. The van der Waals surface area contributed by atoms with E-state index in [4.69, 9.17) is 9.47 Å². The van der Waals surface area contributed by atoms with E-state index in [1.807, 2.05) is 67.6 Å². The number of aliphatic hydroxyl groups is 2. The number of aryl methyl sites for hydroxylation is 1. The van der Waals surface area contributed by atoms with Gasteiger partial charge in [0.05, 0.1) is 29.8 Å². The number of nitrogens with one attached hydrogen (secondary N) is 2. The lowest BCUT2D eigenvalue weighted by atomic mass is 9.90. The van der Waals surface area contributed by atoms with E-state index in [-0.39, 0.29) is 42.2 Å². The Kier molecular flexibility index (Phi) is 11.4. The molecule has 10 nitrogen and oxygen atoms in total. The standard InChI is InChI=1S/C39H45N3O7S/c1-26-11-17-34(18-12-26)50(46,47)41-35(21-28-7-4-3-5-8-28)38(45)40-32-10-6-9-31(22-32)39-48-36(24-42-20-19-33(44)23-42)27(2)37(49-39)30-15-13-29(25-43)14-16-30/h3-18,22,27,33,35-37,39,41,43-44H,19-21,23-25H2,1-2H3,(H,40,45)/t27-,33-,35+,36+,37+,39+/m0/s1. The van der Waals surface area contributed by atoms with E-state index in [0.29, 0.717) is 24.3 Å². The van der Waals surface area contributed by atoms with E-state index in [1.54, 1.807) is 30.3 Å². The van der Waals surface area contributed by atoms with Gasteiger partial charge in [0.25, 0.3) is 0 Å². The van der Waals surface area contributed by atoms with Gasteiger partial charge in [-0.2, -0.15) is 4.72 Å². The molecule has 6 rings (SSSR count). The minimum absolute atomic E-state index is 0.0212. The van der Waals surface area contributed by atoms with Crippen molar-refractivity contribution in [1.29, 1.82) is 0 Å². The van der Waals surface area contributed by atoms with Gasteiger partial charge < -0.3 is 25.0 Å². The van der Waals surface area contributed by atoms with Crippen LogP contribution in [0.3, 0.4) is 0 Å². The summed E-state index contributed by atoms with van der Waals surface area (Å²) in [6.07, 6.45) is -0.775. The van der Waals surface area contributed by atoms with Crippen LogP contribution in [0.4, 0.5) is 5.69 Å². The van der Waals surface area contributed by atoms with E-state index in [2.05, 4.69) is 21.9 Å². The molecule has 6 atom stereocenters. The molecule has 0 aromatic heterocycles. The van der Waals surface area contributed by atoms with Crippen LogP contribution in [-0.4, -0.2) is 67.3 Å². The minimum Gasteiger partial charge on any atom is -0.392 e. The zero-order valence-electron chi connectivity index (χ0n) is 28.3. The number of likely N-dealkylation sites (tertiary alicyclic amines) is 1. The molecular formula is C39H45N3O7S. The normalized spacial score (nSPS) is 23.4. The predicted octanol–water partition coefficient (Wildman–Crippen LogP) is 4.87. The third-order valence-electron chi connectivity index (χ3n) is 9.46. The van der Waals surface area contributed by atoms with Gasteiger partial charge in [-0.05, 0) is 60.7 Å². The Morgan fingerprint density at radius 3 is 2.34 bits per heavy atom. The van der Waals surface area contributed by atoms with Crippen molar-refractivity contribution in [2.45, 2.75) is 68.8 Å². The molecule has 2 heterocycles. The van der Waals surface area contributed by atoms with Crippen molar-refractivity contribution in [1.82, 2.24) is 9.62 Å². The molecule has 0 unspecified atom stereocenters. The van der Waals surface area contributed by atoms with Crippen molar-refractivity contribution in [3.8, 4) is 0 Å². The molecule has 11 heteroatoms. The molecule has 2 saturated heterocycles. The van der Waals surface area contributed by atoms with Crippen molar-refractivity contribution in [3.05, 3.63) is 131 Å². The Bertz CT molecular complexity index is 1840. The van der Waals surface area contributed by atoms with Crippen LogP contribution < -0.4 is 10.0 Å². The number of anilines is 1. The SMILES string of the molecule is Cc1ccc(S(=O)(=O)N[C@H](Cc2ccccc2)C(=O)Nc2cccc([C@@H]3O[C@H](CN4CC[C@H](O)C4)[C@H](C)[C@H](c4ccc(CO)cc4)O3)c2)cc1. The molecule has 0 bridgehead atoms. The number of amides is 1. The number of hydrogen-bond acceptors (Lipinski definition) is 8. The number of carbonyl (C=O) groups excluding carboxylic acids is 1. The summed E-state index contributed by atoms with van der Waals surface area (Å²) in [5, 5.41) is 22.7. The second-order valence-corrected chi connectivity index (χ2v) is 15.0. The van der Waals surface area contributed by atoms with Crippen molar-refractivity contribution in [3.63, 3.8) is 0 Å². The van der Waals surface area contributed by atoms with E-state index in [0.717, 1.165) is 35.2 Å². The summed E-state index contributed by atoms with van der Waals surface area (Å²) in [6.45, 7) is 5.93. The predicted molar refractivity (Wildman–Crippen MR) is 191 cm³/mol. The second-order valence-electron chi connectivity index (χ2n) is 13.3. The molecular weight excluding hydrogens is 655 g/mol. The molecule has 0 spiro atoms. The fraction of sp³-hybridized carbons (Fsp3) is 0.359. The summed E-state index contributed by atoms with van der Waals surface area (Å²) < 4.78 is 42.6. The van der Waals surface area contributed by atoms with Crippen LogP contribution >= 0.6 is 0 Å². The molecule has 1 amide bonds. The van der Waals surface area contributed by atoms with Gasteiger partial charge in [-0.25, -0.2) is 8.42 Å². The third kappa shape index (κ3) is 8.85. The van der Waals surface area contributed by atoms with Gasteiger partial charge in [-0.15, -0.1) is 0 Å². The highest BCUT2D eigenvalue weighted by atomic mass is 32.2. The summed E-state index contributed by atoms with van der Waals surface area (Å²) >= 11 is 0. The summed E-state index contributed by atoms with van der Waals surface area (Å²) in [6, 6.07) is 29.6. The number of nitrogens with zero attached hydrogens (tertiary/aromatic N) is 1. The van der Waals surface area contributed by atoms with E-state index < -0.39 is 28.3 Å². The topological polar surface area (TPSA) is 137 Å². The number of rotatable bonds is 12. The first kappa shape index (κ1) is 35.9. The molecule has 2 aliphatic rings. The molecule has 0 saturated carbocycles. The van der Waals surface area contributed by atoms with Crippen molar-refractivity contribution < 1.29 is 32.9 Å². The van der Waals surface area contributed by atoms with Crippen LogP contribution in [0.5, 0.6) is 0 Å². The fourth-order valence-electron chi connectivity index (χ4n) is 6.56. The number of hydrogen-bond donors (Lipinski definition) is 4. The minimum atomic E-state index is -4.01. The molecule has 0 radical (unpaired) electrons. The summed E-state index contributed by atoms with van der Waals surface area (Å²) in [5.41, 5.74) is 4.66. The molecule has 50 heavy (non-hydrogen) atoms. The van der Waals surface area contributed by atoms with Gasteiger partial charge in [-0.1, -0.05) is 91.3 Å². The fourth-order valence-corrected chi connectivity index (χ4v) is 7.76. The summed E-state index contributed by atoms with van der Waals surface area (Å²) in [5.74, 6) is -0.528. The van der Waals surface area contributed by atoms with Crippen molar-refractivity contribution in [2.75, 3.05) is 25.0 Å². The molecule has 4 aromatic rings. The first-order valence-corrected chi connectivity index (χ1v) is 18.5. The Hall–Kier alpha value is -3.94. The molecule has 0 aliphatic carbocycles. The monoisotopic (exact) mass is 699 g/mol. The average molecular weight is 700 g/mol. The molecule has 4 aromatic carbocycles. The lowest BCUT2D eigenvalue weighted by molar-refractivity contribution is -0.276. The zero-order valence-corrected chi connectivity index (χ0v) is 29.1. The van der Waals surface area contributed by atoms with E-state index in [9.17, 15) is 23.4 Å². The highest BCUT2D eigenvalue weighted by Gasteiger charge is 2.40. The van der Waals surface area contributed by atoms with Crippen LogP contribution in [0.15, 0.2) is 108 Å². The number of carbonyl (C=O) groups is 1. The van der Waals surface area contributed by atoms with Crippen LogP contribution in [0.1, 0.15) is 53.6 Å². The van der Waals surface area contributed by atoms with Crippen LogP contribution in [0.25, 0.3) is 0 Å². The first-order chi connectivity index (χ1) is 24.1. The number of aliphatic hydroxyl groups excluding tert-OH is 2. The number of ether oxygens (including phenoxy) is 2. The highest BCUT2D eigenvalue weighted by Crippen LogP contribution is 2.42. The summed E-state index contributed by atoms with van der Waals surface area (Å²) in [7, 11) is -4.01. The van der Waals surface area contributed by atoms with Crippen LogP contribution in [0.2, 0.25) is 0 Å². The molecule has 2 fully saturated rings. The molecule has 264 valence electrons. The van der Waals surface area contributed by atoms with Gasteiger partial charge in [-0.3, -0.25) is 9.69 Å².